The van der Waals surface area contributed by atoms with Gasteiger partial charge >= 0.3 is 6.03 Å². The van der Waals surface area contributed by atoms with Crippen molar-refractivity contribution in [2.24, 2.45) is 0 Å². The largest absolute Gasteiger partial charge is 0.439 e. The zero-order chi connectivity index (χ0) is 24.0. The third kappa shape index (κ3) is 3.42. The molecule has 6 rings (SSSR count). The number of imide groups is 2. The first-order chi connectivity index (χ1) is 17.0. The predicted molar refractivity (Wildman–Crippen MR) is 122 cm³/mol. The topological polar surface area (TPSA) is 144 Å². The van der Waals surface area contributed by atoms with Gasteiger partial charge < -0.3 is 9.64 Å². The molecule has 12 nitrogen and oxygen atoms in total. The highest BCUT2D eigenvalue weighted by molar-refractivity contribution is 6.24. The summed E-state index contributed by atoms with van der Waals surface area (Å²) < 4.78 is 7.56. The van der Waals surface area contributed by atoms with E-state index in [-0.39, 0.29) is 0 Å². The maximum atomic E-state index is 12.6. The van der Waals surface area contributed by atoms with Gasteiger partial charge in [-0.25, -0.2) is 14.5 Å². The molecular formula is C23H18N8O4. The number of fused-ring (bicyclic) bond motifs is 1. The van der Waals surface area contributed by atoms with Crippen LogP contribution in [0.5, 0.6) is 11.6 Å². The summed E-state index contributed by atoms with van der Waals surface area (Å²) in [5.74, 6) is 0.264. The van der Waals surface area contributed by atoms with Crippen LogP contribution < -0.4 is 20.3 Å². The van der Waals surface area contributed by atoms with Crippen LogP contribution in [0, 0.1) is 0 Å². The van der Waals surface area contributed by atoms with Crippen LogP contribution in [0.15, 0.2) is 61.1 Å². The van der Waals surface area contributed by atoms with Crippen LogP contribution in [-0.4, -0.2) is 54.9 Å². The van der Waals surface area contributed by atoms with Gasteiger partial charge in [0.1, 0.15) is 5.75 Å². The van der Waals surface area contributed by atoms with Gasteiger partial charge in [0.05, 0.1) is 17.4 Å². The number of hydrogen-bond acceptors (Lipinski definition) is 9. The molecule has 0 atom stereocenters. The highest BCUT2D eigenvalue weighted by Crippen LogP contribution is 2.36. The van der Waals surface area contributed by atoms with Crippen LogP contribution in [-0.2, 0) is 9.59 Å². The third-order valence-corrected chi connectivity index (χ3v) is 6.11. The number of rotatable bonds is 4. The lowest BCUT2D eigenvalue weighted by molar-refractivity contribution is -0.137. The number of hydrogen-bond donors (Lipinski definition) is 2. The van der Waals surface area contributed by atoms with E-state index in [4.69, 9.17) is 4.74 Å². The van der Waals surface area contributed by atoms with Gasteiger partial charge in [-0.2, -0.15) is 10.2 Å². The number of carbonyl (C=O) groups excluding carboxylic acids is 3. The number of urea groups is 1. The zero-order valence-corrected chi connectivity index (χ0v) is 18.2. The maximum Gasteiger partial charge on any atom is 0.328 e. The SMILES string of the molecule is O=C1NC(=O)C2(CCCN2c2ccc(Oc3ccc4nn(-c5cccnn5)cc4c3)nc2)C(=O)N1. The average molecular weight is 470 g/mol. The van der Waals surface area contributed by atoms with Crippen LogP contribution in [0.4, 0.5) is 10.5 Å². The summed E-state index contributed by atoms with van der Waals surface area (Å²) in [6.45, 7) is 0.476. The maximum absolute atomic E-state index is 12.6. The summed E-state index contributed by atoms with van der Waals surface area (Å²) >= 11 is 0. The highest BCUT2D eigenvalue weighted by Gasteiger charge is 2.57. The standard InChI is InChI=1S/C23H18N8O4/c32-20-23(21(33)27-22(34)26-20)8-2-10-30(23)15-4-7-19(24-12-15)35-16-5-6-17-14(11-16)13-31(29-17)18-3-1-9-25-28-18/h1,3-7,9,11-13H,2,8,10H2,(H2,26,27,32,33,34). The molecule has 0 saturated carbocycles. The zero-order valence-electron chi connectivity index (χ0n) is 18.2. The summed E-state index contributed by atoms with van der Waals surface area (Å²) in [5.41, 5.74) is -0.116. The molecule has 3 aromatic heterocycles. The molecule has 0 bridgehead atoms. The molecule has 2 aliphatic heterocycles. The Morgan fingerprint density at radius 2 is 1.89 bits per heavy atom. The van der Waals surface area contributed by atoms with Crippen molar-refractivity contribution in [1.29, 1.82) is 0 Å². The molecule has 1 spiro atoms. The Kier molecular flexibility index (Phi) is 4.66. The number of nitrogens with zero attached hydrogens (tertiary/aromatic N) is 6. The summed E-state index contributed by atoms with van der Waals surface area (Å²) in [4.78, 5) is 42.8. The van der Waals surface area contributed by atoms with Crippen LogP contribution in [0.3, 0.4) is 0 Å². The fourth-order valence-electron chi connectivity index (χ4n) is 4.50. The molecule has 4 amide bonds. The molecule has 0 unspecified atom stereocenters. The molecule has 2 N–H and O–H groups in total. The van der Waals surface area contributed by atoms with Crippen molar-refractivity contribution in [3.05, 3.63) is 61.1 Å². The van der Waals surface area contributed by atoms with Gasteiger partial charge in [0.25, 0.3) is 11.8 Å². The number of pyridine rings is 1. The number of ether oxygens (including phenoxy) is 1. The molecule has 2 fully saturated rings. The summed E-state index contributed by atoms with van der Waals surface area (Å²) in [6.07, 6.45) is 5.90. The lowest BCUT2D eigenvalue weighted by atomic mass is 9.92. The van der Waals surface area contributed by atoms with Crippen LogP contribution in [0.1, 0.15) is 12.8 Å². The number of aromatic nitrogens is 5. The van der Waals surface area contributed by atoms with E-state index in [1.165, 1.54) is 0 Å². The molecule has 0 radical (unpaired) electrons. The van der Waals surface area contributed by atoms with Crippen LogP contribution in [0.25, 0.3) is 16.7 Å². The Labute approximate surface area is 197 Å². The Morgan fingerprint density at radius 3 is 2.63 bits per heavy atom. The number of carbonyl (C=O) groups is 3. The summed E-state index contributed by atoms with van der Waals surface area (Å²) in [6, 6.07) is 11.7. The van der Waals surface area contributed by atoms with E-state index >= 15 is 0 Å². The molecule has 174 valence electrons. The number of nitrogens with one attached hydrogen (secondary N) is 2. The van der Waals surface area contributed by atoms with Gasteiger partial charge in [-0.05, 0) is 49.2 Å². The van der Waals surface area contributed by atoms with Crippen molar-refractivity contribution in [3.8, 4) is 17.4 Å². The van der Waals surface area contributed by atoms with Crippen LogP contribution >= 0.6 is 0 Å². The molecule has 5 heterocycles. The summed E-state index contributed by atoms with van der Waals surface area (Å²) in [5, 5.41) is 17.7. The lowest BCUT2D eigenvalue weighted by Crippen LogP contribution is -2.71. The molecule has 2 aliphatic rings. The van der Waals surface area contributed by atoms with Gasteiger partial charge in [-0.1, -0.05) is 0 Å². The lowest BCUT2D eigenvalue weighted by Gasteiger charge is -2.38. The van der Waals surface area contributed by atoms with E-state index in [1.54, 1.807) is 46.2 Å². The molecule has 4 aromatic rings. The highest BCUT2D eigenvalue weighted by atomic mass is 16.5. The normalized spacial score (nSPS) is 17.0. The fraction of sp³-hybridized carbons (Fsp3) is 0.174. The predicted octanol–water partition coefficient (Wildman–Crippen LogP) is 1.71. The minimum absolute atomic E-state index is 0.304. The van der Waals surface area contributed by atoms with E-state index in [1.807, 2.05) is 24.4 Å². The fourth-order valence-corrected chi connectivity index (χ4v) is 4.50. The number of anilines is 1. The van der Waals surface area contributed by atoms with Gasteiger partial charge in [0, 0.05) is 30.4 Å². The second-order valence-electron chi connectivity index (χ2n) is 8.19. The van der Waals surface area contributed by atoms with Crippen molar-refractivity contribution in [2.75, 3.05) is 11.4 Å². The Bertz CT molecular complexity index is 1450. The number of benzene rings is 1. The molecule has 12 heteroatoms. The van der Waals surface area contributed by atoms with Crippen molar-refractivity contribution in [1.82, 2.24) is 35.6 Å². The van der Waals surface area contributed by atoms with Gasteiger partial charge in [0.2, 0.25) is 5.88 Å². The molecule has 0 aliphatic carbocycles. The van der Waals surface area contributed by atoms with Crippen molar-refractivity contribution >= 4 is 34.4 Å². The van der Waals surface area contributed by atoms with Crippen molar-refractivity contribution in [3.63, 3.8) is 0 Å². The number of barbiturate groups is 1. The van der Waals surface area contributed by atoms with Crippen LogP contribution in [0.2, 0.25) is 0 Å². The first-order valence-electron chi connectivity index (χ1n) is 10.9. The minimum atomic E-state index is -1.47. The van der Waals surface area contributed by atoms with E-state index in [2.05, 4.69) is 30.9 Å². The smallest absolute Gasteiger partial charge is 0.328 e. The Morgan fingerprint density at radius 1 is 1.03 bits per heavy atom. The van der Waals surface area contributed by atoms with Gasteiger partial charge in [-0.3, -0.25) is 20.2 Å². The number of amides is 4. The van der Waals surface area contributed by atoms with E-state index in [0.717, 1.165) is 10.9 Å². The Hall–Kier alpha value is -4.87. The third-order valence-electron chi connectivity index (χ3n) is 6.11. The van der Waals surface area contributed by atoms with E-state index < -0.39 is 23.4 Å². The van der Waals surface area contributed by atoms with Crippen molar-refractivity contribution in [2.45, 2.75) is 18.4 Å². The second-order valence-corrected chi connectivity index (χ2v) is 8.19. The molecular weight excluding hydrogens is 452 g/mol. The molecule has 2 saturated heterocycles. The van der Waals surface area contributed by atoms with Gasteiger partial charge in [-0.15, -0.1) is 5.10 Å². The van der Waals surface area contributed by atoms with E-state index in [9.17, 15) is 14.4 Å². The van der Waals surface area contributed by atoms with Crippen molar-refractivity contribution < 1.29 is 19.1 Å². The second kappa shape index (κ2) is 7.87. The monoisotopic (exact) mass is 470 g/mol. The summed E-state index contributed by atoms with van der Waals surface area (Å²) in [7, 11) is 0. The molecule has 35 heavy (non-hydrogen) atoms. The molecule has 1 aromatic carbocycles. The minimum Gasteiger partial charge on any atom is -0.439 e. The average Bonchev–Trinajstić information content (AvgIpc) is 3.49. The first kappa shape index (κ1) is 20.7. The van der Waals surface area contributed by atoms with Gasteiger partial charge in [0.15, 0.2) is 11.4 Å². The Balaban J connectivity index is 1.23. The first-order valence-corrected chi connectivity index (χ1v) is 10.9. The quantitative estimate of drug-likeness (QED) is 0.426. The van der Waals surface area contributed by atoms with E-state index in [0.29, 0.717) is 42.5 Å².